The molecular weight excluding hydrogens is 240 g/mol. The summed E-state index contributed by atoms with van der Waals surface area (Å²) in [6.07, 6.45) is 0.987. The monoisotopic (exact) mass is 258 g/mol. The maximum absolute atomic E-state index is 11.2. The molecule has 2 aromatic rings. The number of aromatic carboxylic acids is 1. The maximum atomic E-state index is 11.2. The quantitative estimate of drug-likeness (QED) is 0.914. The third-order valence-electron chi connectivity index (χ3n) is 3.10. The molecule has 4 nitrogen and oxygen atoms in total. The highest BCUT2D eigenvalue weighted by Gasteiger charge is 2.16. The SMILES string of the molecule is CCc1ccc(-c2cc(C(=O)O)n(C(C)C)n2)cc1. The van der Waals surface area contributed by atoms with Crippen LogP contribution in [0.2, 0.25) is 0 Å². The van der Waals surface area contributed by atoms with Crippen molar-refractivity contribution in [2.24, 2.45) is 0 Å². The molecule has 1 aromatic heterocycles. The lowest BCUT2D eigenvalue weighted by atomic mass is 10.1. The van der Waals surface area contributed by atoms with E-state index >= 15 is 0 Å². The van der Waals surface area contributed by atoms with Gasteiger partial charge < -0.3 is 5.11 Å². The van der Waals surface area contributed by atoms with Gasteiger partial charge in [0.15, 0.2) is 0 Å². The number of aromatic nitrogens is 2. The van der Waals surface area contributed by atoms with Crippen molar-refractivity contribution in [2.75, 3.05) is 0 Å². The normalized spacial score (nSPS) is 10.9. The van der Waals surface area contributed by atoms with Crippen LogP contribution in [0.15, 0.2) is 30.3 Å². The average Bonchev–Trinajstić information content (AvgIpc) is 2.84. The van der Waals surface area contributed by atoms with E-state index < -0.39 is 5.97 Å². The van der Waals surface area contributed by atoms with Gasteiger partial charge in [-0.25, -0.2) is 4.79 Å². The van der Waals surface area contributed by atoms with Gasteiger partial charge in [0.2, 0.25) is 0 Å². The van der Waals surface area contributed by atoms with Gasteiger partial charge in [0.25, 0.3) is 0 Å². The number of carbonyl (C=O) groups is 1. The summed E-state index contributed by atoms with van der Waals surface area (Å²) in [7, 11) is 0. The average molecular weight is 258 g/mol. The molecule has 2 rings (SSSR count). The van der Waals surface area contributed by atoms with Crippen molar-refractivity contribution in [3.8, 4) is 11.3 Å². The second-order valence-electron chi connectivity index (χ2n) is 4.81. The molecule has 0 radical (unpaired) electrons. The van der Waals surface area contributed by atoms with Gasteiger partial charge in [-0.05, 0) is 31.9 Å². The van der Waals surface area contributed by atoms with Gasteiger partial charge in [0.1, 0.15) is 5.69 Å². The van der Waals surface area contributed by atoms with E-state index in [0.717, 1.165) is 12.0 Å². The summed E-state index contributed by atoms with van der Waals surface area (Å²) in [4.78, 5) is 11.2. The Bertz CT molecular complexity index is 583. The van der Waals surface area contributed by atoms with Crippen LogP contribution in [0.25, 0.3) is 11.3 Å². The highest BCUT2D eigenvalue weighted by atomic mass is 16.4. The van der Waals surface area contributed by atoms with Crippen LogP contribution in [0.5, 0.6) is 0 Å². The zero-order valence-electron chi connectivity index (χ0n) is 11.4. The first-order chi connectivity index (χ1) is 9.02. The first-order valence-corrected chi connectivity index (χ1v) is 6.45. The van der Waals surface area contributed by atoms with E-state index in [0.29, 0.717) is 5.69 Å². The second-order valence-corrected chi connectivity index (χ2v) is 4.81. The van der Waals surface area contributed by atoms with E-state index in [-0.39, 0.29) is 11.7 Å². The number of carboxylic acid groups (broad SMARTS) is 1. The first kappa shape index (κ1) is 13.3. The van der Waals surface area contributed by atoms with Crippen LogP contribution >= 0.6 is 0 Å². The van der Waals surface area contributed by atoms with Gasteiger partial charge in [-0.1, -0.05) is 31.2 Å². The lowest BCUT2D eigenvalue weighted by molar-refractivity contribution is 0.0681. The van der Waals surface area contributed by atoms with Crippen LogP contribution in [-0.2, 0) is 6.42 Å². The van der Waals surface area contributed by atoms with E-state index in [1.54, 1.807) is 10.7 Å². The van der Waals surface area contributed by atoms with Crippen LogP contribution < -0.4 is 0 Å². The van der Waals surface area contributed by atoms with Crippen LogP contribution in [0.1, 0.15) is 42.9 Å². The molecule has 0 atom stereocenters. The zero-order valence-corrected chi connectivity index (χ0v) is 11.4. The van der Waals surface area contributed by atoms with Crippen molar-refractivity contribution in [3.63, 3.8) is 0 Å². The molecule has 0 fully saturated rings. The number of aryl methyl sites for hydroxylation is 1. The second kappa shape index (κ2) is 5.26. The van der Waals surface area contributed by atoms with Crippen LogP contribution in [-0.4, -0.2) is 20.9 Å². The topological polar surface area (TPSA) is 55.1 Å². The van der Waals surface area contributed by atoms with E-state index in [1.165, 1.54) is 5.56 Å². The highest BCUT2D eigenvalue weighted by Crippen LogP contribution is 2.22. The number of benzene rings is 1. The number of carboxylic acids is 1. The summed E-state index contributed by atoms with van der Waals surface area (Å²) in [5, 5.41) is 13.6. The minimum absolute atomic E-state index is 0.0229. The standard InChI is InChI=1S/C15H18N2O2/c1-4-11-5-7-12(8-6-11)13-9-14(15(18)19)17(16-13)10(2)3/h5-10H,4H2,1-3H3,(H,18,19). The molecule has 100 valence electrons. The number of hydrogen-bond donors (Lipinski definition) is 1. The first-order valence-electron chi connectivity index (χ1n) is 6.45. The summed E-state index contributed by atoms with van der Waals surface area (Å²) in [5.74, 6) is -0.947. The predicted octanol–water partition coefficient (Wildman–Crippen LogP) is 3.39. The van der Waals surface area contributed by atoms with Crippen molar-refractivity contribution in [1.29, 1.82) is 0 Å². The lowest BCUT2D eigenvalue weighted by Gasteiger charge is -2.07. The molecule has 1 N–H and O–H groups in total. The molecule has 0 aliphatic rings. The van der Waals surface area contributed by atoms with Gasteiger partial charge in [0, 0.05) is 11.6 Å². The molecule has 0 bridgehead atoms. The molecule has 0 unspecified atom stereocenters. The summed E-state index contributed by atoms with van der Waals surface area (Å²) in [6, 6.07) is 9.71. The van der Waals surface area contributed by atoms with Crippen molar-refractivity contribution in [3.05, 3.63) is 41.6 Å². The Morgan fingerprint density at radius 2 is 1.95 bits per heavy atom. The zero-order chi connectivity index (χ0) is 14.0. The fourth-order valence-corrected chi connectivity index (χ4v) is 2.00. The van der Waals surface area contributed by atoms with Gasteiger partial charge in [-0.2, -0.15) is 5.10 Å². The number of hydrogen-bond acceptors (Lipinski definition) is 2. The molecule has 1 aromatic carbocycles. The summed E-state index contributed by atoms with van der Waals surface area (Å²) in [5.41, 5.74) is 3.13. The molecule has 0 aliphatic carbocycles. The van der Waals surface area contributed by atoms with Crippen molar-refractivity contribution < 1.29 is 9.90 Å². The van der Waals surface area contributed by atoms with Gasteiger partial charge in [-0.15, -0.1) is 0 Å². The molecule has 0 saturated heterocycles. The molecule has 0 amide bonds. The van der Waals surface area contributed by atoms with E-state index in [4.69, 9.17) is 0 Å². The Hall–Kier alpha value is -2.10. The van der Waals surface area contributed by atoms with Crippen molar-refractivity contribution in [2.45, 2.75) is 33.2 Å². The van der Waals surface area contributed by atoms with Crippen LogP contribution in [0, 0.1) is 0 Å². The van der Waals surface area contributed by atoms with Gasteiger partial charge >= 0.3 is 5.97 Å². The Kier molecular flexibility index (Phi) is 3.69. The largest absolute Gasteiger partial charge is 0.477 e. The Balaban J connectivity index is 2.44. The van der Waals surface area contributed by atoms with Gasteiger partial charge in [0.05, 0.1) is 5.69 Å². The maximum Gasteiger partial charge on any atom is 0.354 e. The summed E-state index contributed by atoms with van der Waals surface area (Å²) < 4.78 is 1.55. The van der Waals surface area contributed by atoms with Crippen molar-refractivity contribution >= 4 is 5.97 Å². The molecular formula is C15H18N2O2. The predicted molar refractivity (Wildman–Crippen MR) is 74.4 cm³/mol. The Morgan fingerprint density at radius 3 is 2.37 bits per heavy atom. The summed E-state index contributed by atoms with van der Waals surface area (Å²) in [6.45, 7) is 5.94. The molecule has 4 heteroatoms. The minimum atomic E-state index is -0.947. The fourth-order valence-electron chi connectivity index (χ4n) is 2.00. The Morgan fingerprint density at radius 1 is 1.32 bits per heavy atom. The highest BCUT2D eigenvalue weighted by molar-refractivity contribution is 5.87. The Labute approximate surface area is 112 Å². The molecule has 0 saturated carbocycles. The fraction of sp³-hybridized carbons (Fsp3) is 0.333. The lowest BCUT2D eigenvalue weighted by Crippen LogP contribution is -2.11. The number of nitrogens with zero attached hydrogens (tertiary/aromatic N) is 2. The van der Waals surface area contributed by atoms with E-state index in [2.05, 4.69) is 12.0 Å². The van der Waals surface area contributed by atoms with E-state index in [9.17, 15) is 9.90 Å². The van der Waals surface area contributed by atoms with Crippen LogP contribution in [0.4, 0.5) is 0 Å². The minimum Gasteiger partial charge on any atom is -0.477 e. The van der Waals surface area contributed by atoms with Gasteiger partial charge in [-0.3, -0.25) is 4.68 Å². The van der Waals surface area contributed by atoms with Crippen LogP contribution in [0.3, 0.4) is 0 Å². The van der Waals surface area contributed by atoms with Crippen molar-refractivity contribution in [1.82, 2.24) is 9.78 Å². The number of rotatable bonds is 4. The molecule has 0 aliphatic heterocycles. The smallest absolute Gasteiger partial charge is 0.354 e. The molecule has 1 heterocycles. The molecule has 19 heavy (non-hydrogen) atoms. The van der Waals surface area contributed by atoms with E-state index in [1.807, 2.05) is 38.1 Å². The third kappa shape index (κ3) is 2.67. The summed E-state index contributed by atoms with van der Waals surface area (Å²) >= 11 is 0. The molecule has 0 spiro atoms. The third-order valence-corrected chi connectivity index (χ3v) is 3.10.